The number of aliphatic hydroxyl groups is 1. The molecule has 0 amide bonds. The first-order chi connectivity index (χ1) is 14.7. The van der Waals surface area contributed by atoms with Crippen LogP contribution >= 0.6 is 11.6 Å². The highest BCUT2D eigenvalue weighted by atomic mass is 35.5. The Kier molecular flexibility index (Phi) is 12.4. The van der Waals surface area contributed by atoms with Crippen molar-refractivity contribution < 1.29 is 18.3 Å². The third kappa shape index (κ3) is 11.3. The molecule has 0 aromatic heterocycles. The maximum Gasteiger partial charge on any atom is 0.432 e. The summed E-state index contributed by atoms with van der Waals surface area (Å²) < 4.78 is 37.0. The maximum atomic E-state index is 12.3. The van der Waals surface area contributed by atoms with Crippen molar-refractivity contribution in [2.45, 2.75) is 51.2 Å². The summed E-state index contributed by atoms with van der Waals surface area (Å²) in [6.07, 6.45) is 6.09. The van der Waals surface area contributed by atoms with Crippen molar-refractivity contribution in [3.63, 3.8) is 0 Å². The first-order valence-corrected chi connectivity index (χ1v) is 10.4. The molecule has 2 unspecified atom stereocenters. The molecule has 174 valence electrons. The highest BCUT2D eigenvalue weighted by molar-refractivity contribution is 6.29. The van der Waals surface area contributed by atoms with Crippen molar-refractivity contribution in [2.75, 3.05) is 19.6 Å². The molecule has 0 radical (unpaired) electrons. The highest BCUT2D eigenvalue weighted by Gasteiger charge is 2.31. The molecule has 0 spiro atoms. The molecule has 0 fully saturated rings. The van der Waals surface area contributed by atoms with Crippen LogP contribution in [0, 0.1) is 0 Å². The molecule has 2 atom stereocenters. The number of likely N-dealkylation sites (N-methyl/N-ethyl adjacent to an activating group) is 1. The zero-order chi connectivity index (χ0) is 23.3. The molecule has 0 saturated heterocycles. The predicted octanol–water partition coefficient (Wildman–Crippen LogP) is 3.86. The van der Waals surface area contributed by atoms with Crippen LogP contribution in [0.2, 0.25) is 0 Å². The summed E-state index contributed by atoms with van der Waals surface area (Å²) in [5.74, 6) is 0. The number of nitrogens with one attached hydrogen (secondary N) is 1. The Labute approximate surface area is 186 Å². The van der Waals surface area contributed by atoms with E-state index in [0.29, 0.717) is 49.2 Å². The van der Waals surface area contributed by atoms with Gasteiger partial charge >= 0.3 is 6.18 Å². The van der Waals surface area contributed by atoms with Crippen LogP contribution in [0.5, 0.6) is 0 Å². The molecule has 10 heteroatoms. The number of allylic oxidation sites excluding steroid dienone is 4. The van der Waals surface area contributed by atoms with Crippen molar-refractivity contribution in [1.82, 2.24) is 10.2 Å². The summed E-state index contributed by atoms with van der Waals surface area (Å²) in [7, 11) is 0. The molecule has 1 aliphatic heterocycles. The zero-order valence-corrected chi connectivity index (χ0v) is 18.4. The van der Waals surface area contributed by atoms with E-state index in [4.69, 9.17) is 17.3 Å². The molecular weight excluding hydrogens is 431 g/mol. The van der Waals surface area contributed by atoms with E-state index >= 15 is 0 Å². The minimum Gasteiger partial charge on any atom is -0.393 e. The Morgan fingerprint density at radius 1 is 1.55 bits per heavy atom. The Morgan fingerprint density at radius 2 is 2.29 bits per heavy atom. The molecule has 1 aliphatic rings. The van der Waals surface area contributed by atoms with Crippen molar-refractivity contribution >= 4 is 24.0 Å². The molecule has 1 heterocycles. The summed E-state index contributed by atoms with van der Waals surface area (Å²) in [5, 5.41) is 13.8. The number of nitrogens with zero attached hydrogens (tertiary/aromatic N) is 3. The van der Waals surface area contributed by atoms with Gasteiger partial charge in [0.15, 0.2) is 0 Å². The van der Waals surface area contributed by atoms with Gasteiger partial charge in [-0.2, -0.15) is 13.2 Å². The number of halogens is 4. The Morgan fingerprint density at radius 3 is 2.87 bits per heavy atom. The summed E-state index contributed by atoms with van der Waals surface area (Å²) in [4.78, 5) is 10.2. The van der Waals surface area contributed by atoms with Gasteiger partial charge in [-0.3, -0.25) is 20.2 Å². The molecule has 4 N–H and O–H groups in total. The van der Waals surface area contributed by atoms with Crippen LogP contribution in [0.15, 0.2) is 57.3 Å². The Bertz CT molecular complexity index is 716. The molecule has 6 nitrogen and oxygen atoms in total. The monoisotopic (exact) mass is 461 g/mol. The highest BCUT2D eigenvalue weighted by Crippen LogP contribution is 2.21. The second-order valence-electron chi connectivity index (χ2n) is 6.87. The van der Waals surface area contributed by atoms with E-state index in [0.717, 1.165) is 13.0 Å². The third-order valence-corrected chi connectivity index (χ3v) is 4.82. The van der Waals surface area contributed by atoms with Crippen molar-refractivity contribution in [3.05, 3.63) is 47.3 Å². The SMILES string of the molecule is C=CCC/C(Cl)=C/CC(O)NCCN(CC)C1CC=C(C=N/C=C(\N)C(F)(F)F)C=N1. The van der Waals surface area contributed by atoms with Gasteiger partial charge in [-0.05, 0) is 19.4 Å². The van der Waals surface area contributed by atoms with Crippen LogP contribution in [0.4, 0.5) is 13.2 Å². The molecule has 0 aromatic carbocycles. The number of rotatable bonds is 13. The smallest absolute Gasteiger partial charge is 0.393 e. The third-order valence-electron chi connectivity index (χ3n) is 4.48. The standard InChI is InChI=1S/C21H31ClF3N5O/c1-3-5-6-17(22)8-10-20(31)28-11-12-30(4-2)19-9-7-16(14-29-19)13-27-15-18(26)21(23,24)25/h3,7-8,13-15,19-20,28,31H,1,4-6,9-12,26H2,2H3/b17-8-,18-15-,27-13?. The van der Waals surface area contributed by atoms with Crippen LogP contribution in [-0.2, 0) is 0 Å². The van der Waals surface area contributed by atoms with E-state index < -0.39 is 18.1 Å². The largest absolute Gasteiger partial charge is 0.432 e. The normalized spacial score (nSPS) is 19.2. The topological polar surface area (TPSA) is 86.2 Å². The van der Waals surface area contributed by atoms with E-state index in [2.05, 4.69) is 26.8 Å². The average molecular weight is 462 g/mol. The number of aliphatic imine (C=N–C) groups is 2. The van der Waals surface area contributed by atoms with Gasteiger partial charge in [0.25, 0.3) is 0 Å². The lowest BCUT2D eigenvalue weighted by molar-refractivity contribution is -0.0928. The van der Waals surface area contributed by atoms with Crippen LogP contribution in [0.25, 0.3) is 0 Å². The predicted molar refractivity (Wildman–Crippen MR) is 121 cm³/mol. The lowest BCUT2D eigenvalue weighted by atomic mass is 10.1. The van der Waals surface area contributed by atoms with E-state index in [1.807, 2.05) is 13.0 Å². The molecule has 1 rings (SSSR count). The second-order valence-corrected chi connectivity index (χ2v) is 7.36. The van der Waals surface area contributed by atoms with Gasteiger partial charge in [-0.25, -0.2) is 0 Å². The fourth-order valence-corrected chi connectivity index (χ4v) is 2.89. The average Bonchev–Trinajstić information content (AvgIpc) is 2.73. The van der Waals surface area contributed by atoms with Crippen molar-refractivity contribution in [1.29, 1.82) is 0 Å². The van der Waals surface area contributed by atoms with Crippen molar-refractivity contribution in [2.24, 2.45) is 15.7 Å². The molecule has 0 aliphatic carbocycles. The van der Waals surface area contributed by atoms with Gasteiger partial charge in [0.2, 0.25) is 0 Å². The molecule has 0 saturated carbocycles. The molecule has 0 bridgehead atoms. The van der Waals surface area contributed by atoms with Crippen LogP contribution in [0.1, 0.15) is 32.6 Å². The fraction of sp³-hybridized carbons (Fsp3) is 0.524. The first kappa shape index (κ1) is 27.1. The molecule has 0 aromatic rings. The molecule has 31 heavy (non-hydrogen) atoms. The van der Waals surface area contributed by atoms with E-state index in [1.165, 1.54) is 6.21 Å². The van der Waals surface area contributed by atoms with Crippen LogP contribution in [0.3, 0.4) is 0 Å². The van der Waals surface area contributed by atoms with Crippen LogP contribution in [-0.4, -0.2) is 60.6 Å². The van der Waals surface area contributed by atoms with Gasteiger partial charge in [0, 0.05) is 49.0 Å². The van der Waals surface area contributed by atoms with Gasteiger partial charge in [-0.1, -0.05) is 36.8 Å². The van der Waals surface area contributed by atoms with E-state index in [1.54, 1.807) is 18.4 Å². The second kappa shape index (κ2) is 14.2. The summed E-state index contributed by atoms with van der Waals surface area (Å²) in [5.41, 5.74) is 4.26. The quantitative estimate of drug-likeness (QED) is 0.221. The lowest BCUT2D eigenvalue weighted by Crippen LogP contribution is -2.41. The number of dihydropyridines is 1. The van der Waals surface area contributed by atoms with Crippen molar-refractivity contribution in [3.8, 4) is 0 Å². The summed E-state index contributed by atoms with van der Waals surface area (Å²) >= 11 is 6.07. The van der Waals surface area contributed by atoms with E-state index in [-0.39, 0.29) is 6.17 Å². The van der Waals surface area contributed by atoms with Gasteiger partial charge < -0.3 is 10.8 Å². The van der Waals surface area contributed by atoms with Gasteiger partial charge in [0.1, 0.15) is 18.1 Å². The maximum absolute atomic E-state index is 12.3. The number of aliphatic hydroxyl groups excluding tert-OH is 1. The minimum atomic E-state index is -4.59. The zero-order valence-electron chi connectivity index (χ0n) is 17.7. The Balaban J connectivity index is 2.43. The van der Waals surface area contributed by atoms with Crippen LogP contribution < -0.4 is 11.1 Å². The van der Waals surface area contributed by atoms with Gasteiger partial charge in [0.05, 0.1) is 6.20 Å². The Hall–Kier alpha value is -1.94. The minimum absolute atomic E-state index is 0.0786. The number of hydrogen-bond acceptors (Lipinski definition) is 6. The number of alkyl halides is 3. The first-order valence-electron chi connectivity index (χ1n) is 10.1. The fourth-order valence-electron chi connectivity index (χ4n) is 2.69. The molecular formula is C21H31ClF3N5O. The van der Waals surface area contributed by atoms with E-state index in [9.17, 15) is 18.3 Å². The summed E-state index contributed by atoms with van der Waals surface area (Å²) in [6, 6.07) is 0. The number of hydrogen-bond donors (Lipinski definition) is 3. The lowest BCUT2D eigenvalue weighted by Gasteiger charge is -2.29. The van der Waals surface area contributed by atoms with Gasteiger partial charge in [-0.15, -0.1) is 6.58 Å². The summed E-state index contributed by atoms with van der Waals surface area (Å²) in [6.45, 7) is 7.66. The number of nitrogens with two attached hydrogens (primary N) is 1.